The van der Waals surface area contributed by atoms with Gasteiger partial charge < -0.3 is 25.1 Å². The van der Waals surface area contributed by atoms with Gasteiger partial charge in [-0.25, -0.2) is 4.79 Å². The smallest absolute Gasteiger partial charge is 0.407 e. The lowest BCUT2D eigenvalue weighted by Crippen LogP contribution is -2.48. The van der Waals surface area contributed by atoms with E-state index in [9.17, 15) is 14.7 Å². The molecule has 0 aliphatic carbocycles. The van der Waals surface area contributed by atoms with E-state index in [0.29, 0.717) is 0 Å². The van der Waals surface area contributed by atoms with Crippen LogP contribution in [0.3, 0.4) is 0 Å². The SMILES string of the molecule is O=C(N[C@H](CCO)C(=O)[O-])OCc1ccccc1. The summed E-state index contributed by atoms with van der Waals surface area (Å²) in [6.07, 6.45) is -0.982. The number of aliphatic hydroxyl groups excluding tert-OH is 1. The molecule has 1 rings (SSSR count). The number of aliphatic carboxylic acids is 1. The number of nitrogens with one attached hydrogen (secondary N) is 1. The normalized spacial score (nSPS) is 11.6. The van der Waals surface area contributed by atoms with Crippen LogP contribution in [0, 0.1) is 0 Å². The van der Waals surface area contributed by atoms with E-state index >= 15 is 0 Å². The number of benzene rings is 1. The van der Waals surface area contributed by atoms with Crippen molar-refractivity contribution in [2.45, 2.75) is 19.1 Å². The molecule has 1 atom stereocenters. The summed E-state index contributed by atoms with van der Waals surface area (Å²) in [6.45, 7) is -0.316. The Kier molecular flexibility index (Phi) is 5.66. The quantitative estimate of drug-likeness (QED) is 0.705. The third-order valence-corrected chi connectivity index (χ3v) is 2.21. The van der Waals surface area contributed by atoms with Gasteiger partial charge in [-0.2, -0.15) is 0 Å². The maximum absolute atomic E-state index is 11.3. The number of hydrogen-bond donors (Lipinski definition) is 2. The number of amides is 1. The van der Waals surface area contributed by atoms with E-state index in [2.05, 4.69) is 5.32 Å². The Balaban J connectivity index is 2.39. The Labute approximate surface area is 104 Å². The summed E-state index contributed by atoms with van der Waals surface area (Å²) in [6, 6.07) is 7.72. The van der Waals surface area contributed by atoms with Gasteiger partial charge in [0.15, 0.2) is 0 Å². The van der Waals surface area contributed by atoms with E-state index < -0.39 is 18.1 Å². The summed E-state index contributed by atoms with van der Waals surface area (Å²) < 4.78 is 4.83. The lowest BCUT2D eigenvalue weighted by atomic mass is 10.2. The van der Waals surface area contributed by atoms with Gasteiger partial charge in [-0.15, -0.1) is 0 Å². The molecule has 0 aliphatic heterocycles. The number of carbonyl (C=O) groups excluding carboxylic acids is 2. The van der Waals surface area contributed by atoms with Crippen LogP contribution < -0.4 is 10.4 Å². The van der Waals surface area contributed by atoms with E-state index in [4.69, 9.17) is 9.84 Å². The Hall–Kier alpha value is -2.08. The van der Waals surface area contributed by atoms with Crippen molar-refractivity contribution in [3.8, 4) is 0 Å². The molecule has 1 aromatic carbocycles. The molecule has 0 heterocycles. The molecule has 0 aliphatic rings. The molecule has 0 fully saturated rings. The highest BCUT2D eigenvalue weighted by molar-refractivity contribution is 5.78. The zero-order valence-electron chi connectivity index (χ0n) is 9.67. The van der Waals surface area contributed by atoms with Gasteiger partial charge in [0.25, 0.3) is 0 Å². The van der Waals surface area contributed by atoms with Crippen LogP contribution in [0.25, 0.3) is 0 Å². The van der Waals surface area contributed by atoms with Crippen LogP contribution in [0.2, 0.25) is 0 Å². The van der Waals surface area contributed by atoms with E-state index in [1.807, 2.05) is 6.07 Å². The number of hydrogen-bond acceptors (Lipinski definition) is 5. The summed E-state index contributed by atoms with van der Waals surface area (Å²) in [5.41, 5.74) is 0.791. The molecule has 0 aromatic heterocycles. The Bertz CT molecular complexity index is 393. The molecule has 2 N–H and O–H groups in total. The first-order valence-electron chi connectivity index (χ1n) is 5.42. The van der Waals surface area contributed by atoms with Crippen LogP contribution in [-0.2, 0) is 16.1 Å². The molecule has 0 spiro atoms. The second-order valence-electron chi connectivity index (χ2n) is 3.59. The van der Waals surface area contributed by atoms with E-state index in [1.54, 1.807) is 24.3 Å². The topological polar surface area (TPSA) is 98.7 Å². The van der Waals surface area contributed by atoms with E-state index in [1.165, 1.54) is 0 Å². The third-order valence-electron chi connectivity index (χ3n) is 2.21. The number of aliphatic hydroxyl groups is 1. The van der Waals surface area contributed by atoms with Gasteiger partial charge in [-0.3, -0.25) is 0 Å². The Morgan fingerprint density at radius 3 is 2.56 bits per heavy atom. The van der Waals surface area contributed by atoms with Crippen LogP contribution in [0.1, 0.15) is 12.0 Å². The fourth-order valence-electron chi connectivity index (χ4n) is 1.29. The highest BCUT2D eigenvalue weighted by Gasteiger charge is 2.13. The van der Waals surface area contributed by atoms with Crippen LogP contribution >= 0.6 is 0 Å². The number of carbonyl (C=O) groups is 2. The van der Waals surface area contributed by atoms with Crippen LogP contribution in [0.5, 0.6) is 0 Å². The summed E-state index contributed by atoms with van der Waals surface area (Å²) >= 11 is 0. The highest BCUT2D eigenvalue weighted by atomic mass is 16.5. The average Bonchev–Trinajstić information content (AvgIpc) is 2.37. The number of ether oxygens (including phenoxy) is 1. The standard InChI is InChI=1S/C12H15NO5/c14-7-6-10(11(15)16)13-12(17)18-8-9-4-2-1-3-5-9/h1-5,10,14H,6-8H2,(H,13,17)(H,15,16)/p-1/t10-/m1/s1. The van der Waals surface area contributed by atoms with E-state index in [-0.39, 0.29) is 19.6 Å². The number of carboxylic acids is 1. The van der Waals surface area contributed by atoms with Gasteiger partial charge in [-0.05, 0) is 12.0 Å². The molecule has 0 saturated carbocycles. The zero-order chi connectivity index (χ0) is 13.4. The second-order valence-corrected chi connectivity index (χ2v) is 3.59. The minimum absolute atomic E-state index is 0.0472. The molecule has 0 radical (unpaired) electrons. The van der Waals surface area contributed by atoms with Gasteiger partial charge in [0.2, 0.25) is 0 Å². The molecule has 18 heavy (non-hydrogen) atoms. The van der Waals surface area contributed by atoms with E-state index in [0.717, 1.165) is 5.56 Å². The van der Waals surface area contributed by atoms with Crippen molar-refractivity contribution in [2.24, 2.45) is 0 Å². The van der Waals surface area contributed by atoms with Crippen molar-refractivity contribution >= 4 is 12.1 Å². The van der Waals surface area contributed by atoms with Gasteiger partial charge in [0, 0.05) is 6.61 Å². The number of alkyl carbamates (subject to hydrolysis) is 1. The molecule has 0 saturated heterocycles. The molecule has 0 unspecified atom stereocenters. The van der Waals surface area contributed by atoms with Crippen molar-refractivity contribution in [3.05, 3.63) is 35.9 Å². The van der Waals surface area contributed by atoms with Gasteiger partial charge in [0.05, 0.1) is 12.0 Å². The van der Waals surface area contributed by atoms with Crippen molar-refractivity contribution in [1.29, 1.82) is 0 Å². The second kappa shape index (κ2) is 7.29. The van der Waals surface area contributed by atoms with Crippen molar-refractivity contribution in [3.63, 3.8) is 0 Å². The van der Waals surface area contributed by atoms with Gasteiger partial charge in [-0.1, -0.05) is 30.3 Å². The lowest BCUT2D eigenvalue weighted by Gasteiger charge is -2.18. The first kappa shape index (κ1) is 14.0. The predicted molar refractivity (Wildman–Crippen MR) is 60.3 cm³/mol. The van der Waals surface area contributed by atoms with Gasteiger partial charge >= 0.3 is 6.09 Å². The minimum atomic E-state index is -1.46. The minimum Gasteiger partial charge on any atom is -0.548 e. The average molecular weight is 252 g/mol. The fraction of sp³-hybridized carbons (Fsp3) is 0.333. The van der Waals surface area contributed by atoms with Crippen molar-refractivity contribution in [1.82, 2.24) is 5.32 Å². The van der Waals surface area contributed by atoms with Crippen LogP contribution in [0.4, 0.5) is 4.79 Å². The predicted octanol–water partition coefficient (Wildman–Crippen LogP) is -0.586. The van der Waals surface area contributed by atoms with Crippen LogP contribution in [0.15, 0.2) is 30.3 Å². The first-order chi connectivity index (χ1) is 8.63. The Morgan fingerprint density at radius 1 is 1.33 bits per heavy atom. The first-order valence-corrected chi connectivity index (χ1v) is 5.42. The molecular weight excluding hydrogens is 238 g/mol. The van der Waals surface area contributed by atoms with Gasteiger partial charge in [0.1, 0.15) is 6.61 Å². The largest absolute Gasteiger partial charge is 0.548 e. The van der Waals surface area contributed by atoms with Crippen LogP contribution in [-0.4, -0.2) is 29.8 Å². The molecule has 6 heteroatoms. The summed E-state index contributed by atoms with van der Waals surface area (Å²) in [5, 5.41) is 21.3. The molecule has 1 amide bonds. The fourth-order valence-corrected chi connectivity index (χ4v) is 1.29. The third kappa shape index (κ3) is 4.84. The summed E-state index contributed by atoms with van der Waals surface area (Å²) in [4.78, 5) is 21.9. The van der Waals surface area contributed by atoms with Crippen molar-refractivity contribution < 1.29 is 24.5 Å². The molecular formula is C12H14NO5-. The summed E-state index contributed by atoms with van der Waals surface area (Å²) in [7, 11) is 0. The molecule has 98 valence electrons. The highest BCUT2D eigenvalue weighted by Crippen LogP contribution is 2.01. The lowest BCUT2D eigenvalue weighted by molar-refractivity contribution is -0.308. The molecule has 6 nitrogen and oxygen atoms in total. The maximum atomic E-state index is 11.3. The van der Waals surface area contributed by atoms with Crippen molar-refractivity contribution in [2.75, 3.05) is 6.61 Å². The molecule has 1 aromatic rings. The monoisotopic (exact) mass is 252 g/mol. The number of carboxylic acid groups (broad SMARTS) is 1. The summed E-state index contributed by atoms with van der Waals surface area (Å²) in [5.74, 6) is -1.46. The molecule has 0 bridgehead atoms. The number of rotatable bonds is 6. The maximum Gasteiger partial charge on any atom is 0.407 e. The Morgan fingerprint density at radius 2 is 2.00 bits per heavy atom. The zero-order valence-corrected chi connectivity index (χ0v) is 9.67.